The Kier molecular flexibility index (Phi) is 7.12. The first-order valence-corrected chi connectivity index (χ1v) is 6.85. The van der Waals surface area contributed by atoms with Crippen LogP contribution in [0.4, 0.5) is 0 Å². The molecule has 1 N–H and O–H groups in total. The van der Waals surface area contributed by atoms with Crippen molar-refractivity contribution in [3.05, 3.63) is 39.9 Å². The Morgan fingerprint density at radius 2 is 2.10 bits per heavy atom. The number of carbonyl (C=O) groups excluding carboxylic acids is 2. The van der Waals surface area contributed by atoms with Gasteiger partial charge in [0, 0.05) is 16.1 Å². The van der Waals surface area contributed by atoms with Crippen LogP contribution in [0.25, 0.3) is 6.08 Å². The first-order chi connectivity index (χ1) is 9.52. The molecular formula is C14H15Cl2NO3. The van der Waals surface area contributed by atoms with Crippen LogP contribution in [0.3, 0.4) is 0 Å². The molecule has 0 aliphatic heterocycles. The molecule has 0 aliphatic rings. The van der Waals surface area contributed by atoms with E-state index in [1.165, 1.54) is 6.08 Å². The van der Waals surface area contributed by atoms with Gasteiger partial charge in [-0.25, -0.2) is 0 Å². The lowest BCUT2D eigenvalue weighted by Gasteiger charge is -2.03. The average molecular weight is 316 g/mol. The van der Waals surface area contributed by atoms with E-state index in [9.17, 15) is 9.59 Å². The van der Waals surface area contributed by atoms with Gasteiger partial charge in [0.25, 0.3) is 0 Å². The maximum atomic E-state index is 11.5. The highest BCUT2D eigenvalue weighted by Crippen LogP contribution is 2.21. The van der Waals surface area contributed by atoms with Gasteiger partial charge in [0.05, 0.1) is 6.61 Å². The van der Waals surface area contributed by atoms with Crippen molar-refractivity contribution < 1.29 is 14.3 Å². The van der Waals surface area contributed by atoms with E-state index >= 15 is 0 Å². The van der Waals surface area contributed by atoms with E-state index in [-0.39, 0.29) is 6.54 Å². The van der Waals surface area contributed by atoms with E-state index in [1.54, 1.807) is 24.3 Å². The van der Waals surface area contributed by atoms with Crippen LogP contribution < -0.4 is 5.32 Å². The molecule has 0 unspecified atom stereocenters. The first kappa shape index (κ1) is 16.5. The molecule has 1 amide bonds. The largest absolute Gasteiger partial charge is 0.464 e. The fourth-order valence-electron chi connectivity index (χ4n) is 1.29. The maximum Gasteiger partial charge on any atom is 0.325 e. The van der Waals surface area contributed by atoms with Crippen LogP contribution in [0.5, 0.6) is 0 Å². The molecule has 0 saturated heterocycles. The van der Waals surface area contributed by atoms with E-state index in [0.29, 0.717) is 22.2 Å². The fourth-order valence-corrected chi connectivity index (χ4v) is 1.76. The maximum absolute atomic E-state index is 11.5. The second-order valence-corrected chi connectivity index (χ2v) is 4.78. The van der Waals surface area contributed by atoms with Gasteiger partial charge in [-0.3, -0.25) is 9.59 Å². The molecule has 1 aromatic rings. The third-order valence-electron chi connectivity index (χ3n) is 2.25. The highest BCUT2D eigenvalue weighted by atomic mass is 35.5. The second kappa shape index (κ2) is 8.61. The number of nitrogens with one attached hydrogen (secondary N) is 1. The Labute approximate surface area is 127 Å². The zero-order valence-electron chi connectivity index (χ0n) is 11.0. The summed E-state index contributed by atoms with van der Waals surface area (Å²) in [5.74, 6) is -0.859. The van der Waals surface area contributed by atoms with Crippen LogP contribution in [-0.4, -0.2) is 25.0 Å². The minimum absolute atomic E-state index is 0.155. The predicted molar refractivity (Wildman–Crippen MR) is 79.8 cm³/mol. The Morgan fingerprint density at radius 3 is 2.75 bits per heavy atom. The molecule has 1 aromatic carbocycles. The van der Waals surface area contributed by atoms with Gasteiger partial charge >= 0.3 is 5.97 Å². The zero-order chi connectivity index (χ0) is 15.0. The lowest BCUT2D eigenvalue weighted by Crippen LogP contribution is -2.29. The molecule has 0 atom stereocenters. The van der Waals surface area contributed by atoms with Gasteiger partial charge in [0.15, 0.2) is 0 Å². The summed E-state index contributed by atoms with van der Waals surface area (Å²) in [6.07, 6.45) is 3.59. The monoisotopic (exact) mass is 315 g/mol. The molecule has 0 bridgehead atoms. The summed E-state index contributed by atoms with van der Waals surface area (Å²) in [5, 5.41) is 3.39. The van der Waals surface area contributed by atoms with Crippen molar-refractivity contribution in [2.24, 2.45) is 0 Å². The van der Waals surface area contributed by atoms with Crippen molar-refractivity contribution in [3.63, 3.8) is 0 Å². The van der Waals surface area contributed by atoms with Crippen LogP contribution >= 0.6 is 23.2 Å². The summed E-state index contributed by atoms with van der Waals surface area (Å²) >= 11 is 11.7. The summed E-state index contributed by atoms with van der Waals surface area (Å²) in [6, 6.07) is 4.96. The summed E-state index contributed by atoms with van der Waals surface area (Å²) in [7, 11) is 0. The first-order valence-electron chi connectivity index (χ1n) is 6.09. The molecule has 0 radical (unpaired) electrons. The zero-order valence-corrected chi connectivity index (χ0v) is 12.5. The number of esters is 1. The molecule has 0 spiro atoms. The summed E-state index contributed by atoms with van der Waals surface area (Å²) in [6.45, 7) is 2.09. The number of ether oxygens (including phenoxy) is 1. The molecule has 0 heterocycles. The molecule has 0 aromatic heterocycles. The van der Waals surface area contributed by atoms with E-state index in [0.717, 1.165) is 6.42 Å². The van der Waals surface area contributed by atoms with Gasteiger partial charge in [-0.05, 0) is 30.2 Å². The summed E-state index contributed by atoms with van der Waals surface area (Å²) in [5.41, 5.74) is 0.666. The van der Waals surface area contributed by atoms with Crippen LogP contribution in [-0.2, 0) is 14.3 Å². The van der Waals surface area contributed by atoms with Crippen molar-refractivity contribution in [2.75, 3.05) is 13.2 Å². The molecule has 6 heteroatoms. The SMILES string of the molecule is CCCOC(=O)CNC(=O)/C=C/c1ccc(Cl)cc1Cl. The molecule has 108 valence electrons. The standard InChI is InChI=1S/C14H15Cl2NO3/c1-2-7-20-14(19)9-17-13(18)6-4-10-3-5-11(15)8-12(10)16/h3-6,8H,2,7,9H2,1H3,(H,17,18)/b6-4+. The quantitative estimate of drug-likeness (QED) is 0.648. The predicted octanol–water partition coefficient (Wildman–Crippen LogP) is 3.08. The van der Waals surface area contributed by atoms with E-state index in [4.69, 9.17) is 27.9 Å². The molecule has 0 fully saturated rings. The summed E-state index contributed by atoms with van der Waals surface area (Å²) in [4.78, 5) is 22.7. The molecular weight excluding hydrogens is 301 g/mol. The lowest BCUT2D eigenvalue weighted by molar-refractivity contribution is -0.143. The minimum Gasteiger partial charge on any atom is -0.464 e. The number of rotatable bonds is 6. The molecule has 0 saturated carbocycles. The smallest absolute Gasteiger partial charge is 0.325 e. The van der Waals surface area contributed by atoms with Gasteiger partial charge in [-0.2, -0.15) is 0 Å². The summed E-state index contributed by atoms with van der Waals surface area (Å²) < 4.78 is 4.82. The molecule has 1 rings (SSSR count). The number of amides is 1. The number of hydrogen-bond donors (Lipinski definition) is 1. The Hall–Kier alpha value is -1.52. The van der Waals surface area contributed by atoms with Crippen molar-refractivity contribution in [1.29, 1.82) is 0 Å². The minimum atomic E-state index is -0.460. The number of carbonyl (C=O) groups is 2. The van der Waals surface area contributed by atoms with Crippen LogP contribution in [0.1, 0.15) is 18.9 Å². The third-order valence-corrected chi connectivity index (χ3v) is 2.81. The highest BCUT2D eigenvalue weighted by molar-refractivity contribution is 6.35. The van der Waals surface area contributed by atoms with E-state index in [1.807, 2.05) is 6.92 Å². The Balaban J connectivity index is 2.45. The fraction of sp³-hybridized carbons (Fsp3) is 0.286. The van der Waals surface area contributed by atoms with Gasteiger partial charge in [-0.15, -0.1) is 0 Å². The molecule has 0 aliphatic carbocycles. The number of hydrogen-bond acceptors (Lipinski definition) is 3. The number of halogens is 2. The van der Waals surface area contributed by atoms with Gasteiger partial charge in [-0.1, -0.05) is 36.2 Å². The highest BCUT2D eigenvalue weighted by Gasteiger charge is 2.04. The van der Waals surface area contributed by atoms with E-state index < -0.39 is 11.9 Å². The van der Waals surface area contributed by atoms with Gasteiger partial charge in [0.1, 0.15) is 6.54 Å². The van der Waals surface area contributed by atoms with Crippen molar-refractivity contribution in [2.45, 2.75) is 13.3 Å². The number of benzene rings is 1. The Bertz CT molecular complexity index is 515. The lowest BCUT2D eigenvalue weighted by atomic mass is 10.2. The Morgan fingerprint density at radius 1 is 1.35 bits per heavy atom. The average Bonchev–Trinajstić information content (AvgIpc) is 2.41. The normalized spacial score (nSPS) is 10.6. The molecule has 20 heavy (non-hydrogen) atoms. The van der Waals surface area contributed by atoms with Crippen molar-refractivity contribution in [1.82, 2.24) is 5.32 Å². The van der Waals surface area contributed by atoms with Gasteiger partial charge in [0.2, 0.25) is 5.91 Å². The second-order valence-electron chi connectivity index (χ2n) is 3.94. The van der Waals surface area contributed by atoms with E-state index in [2.05, 4.69) is 5.32 Å². The van der Waals surface area contributed by atoms with Crippen LogP contribution in [0.2, 0.25) is 10.0 Å². The molecule has 4 nitrogen and oxygen atoms in total. The van der Waals surface area contributed by atoms with Crippen LogP contribution in [0.15, 0.2) is 24.3 Å². The van der Waals surface area contributed by atoms with Crippen LogP contribution in [0, 0.1) is 0 Å². The van der Waals surface area contributed by atoms with Crippen molar-refractivity contribution in [3.8, 4) is 0 Å². The third kappa shape index (κ3) is 6.08. The van der Waals surface area contributed by atoms with Gasteiger partial charge < -0.3 is 10.1 Å². The van der Waals surface area contributed by atoms with Crippen molar-refractivity contribution >= 4 is 41.2 Å². The topological polar surface area (TPSA) is 55.4 Å².